The number of pyridine rings is 1. The Morgan fingerprint density at radius 3 is 2.31 bits per heavy atom. The van der Waals surface area contributed by atoms with E-state index in [1.807, 2.05) is 20.8 Å². The smallest absolute Gasteiger partial charge is 0.404 e. The summed E-state index contributed by atoms with van der Waals surface area (Å²) in [6.07, 6.45) is -1.90. The topological polar surface area (TPSA) is 104 Å². The lowest BCUT2D eigenvalue weighted by atomic mass is 10.0. The molecule has 4 amide bonds. The average molecular weight is 508 g/mol. The number of benzene rings is 1. The van der Waals surface area contributed by atoms with Crippen LogP contribution in [0.15, 0.2) is 42.7 Å². The number of alkyl halides is 3. The number of nitrogens with one attached hydrogen (secondary N) is 2. The lowest BCUT2D eigenvalue weighted by molar-refractivity contribution is -0.274. The van der Waals surface area contributed by atoms with Crippen LogP contribution in [-0.2, 0) is 16.1 Å². The molecule has 3 rings (SSSR count). The molecule has 2 aromatic rings. The van der Waals surface area contributed by atoms with Gasteiger partial charge in [-0.25, -0.2) is 9.69 Å². The lowest BCUT2D eigenvalue weighted by Crippen LogP contribution is -2.43. The Morgan fingerprint density at radius 2 is 1.72 bits per heavy atom. The molecule has 1 saturated heterocycles. The second-order valence-electron chi connectivity index (χ2n) is 9.80. The number of hydrogen-bond acceptors (Lipinski definition) is 6. The molecule has 2 heterocycles. The summed E-state index contributed by atoms with van der Waals surface area (Å²) in [5, 5.41) is 5.30. The van der Waals surface area contributed by atoms with Crippen LogP contribution in [0, 0.1) is 0 Å². The summed E-state index contributed by atoms with van der Waals surface area (Å²) in [6, 6.07) is 5.98. The van der Waals surface area contributed by atoms with Gasteiger partial charge in [0.15, 0.2) is 5.75 Å². The van der Waals surface area contributed by atoms with Gasteiger partial charge in [-0.05, 0) is 70.5 Å². The van der Waals surface area contributed by atoms with Crippen LogP contribution in [0.1, 0.15) is 40.2 Å². The molecule has 0 spiro atoms. The van der Waals surface area contributed by atoms with Crippen LogP contribution < -0.4 is 20.3 Å². The molecular weight excluding hydrogens is 479 g/mol. The number of nitrogens with zero attached hydrogens (tertiary/aromatic N) is 3. The Kier molecular flexibility index (Phi) is 7.30. The molecule has 1 aromatic carbocycles. The Hall–Kier alpha value is -3.67. The van der Waals surface area contributed by atoms with Crippen LogP contribution in [0.2, 0.25) is 0 Å². The molecule has 0 unspecified atom stereocenters. The second kappa shape index (κ2) is 9.76. The Labute approximate surface area is 206 Å². The van der Waals surface area contributed by atoms with Gasteiger partial charge in [-0.15, -0.1) is 13.2 Å². The number of urea groups is 1. The van der Waals surface area contributed by atoms with Gasteiger partial charge < -0.3 is 20.3 Å². The molecule has 1 aliphatic rings. The number of anilines is 2. The van der Waals surface area contributed by atoms with E-state index in [0.29, 0.717) is 0 Å². The minimum Gasteiger partial charge on any atom is -0.404 e. The van der Waals surface area contributed by atoms with Crippen molar-refractivity contribution in [2.75, 3.05) is 16.8 Å². The van der Waals surface area contributed by atoms with Crippen LogP contribution >= 0.6 is 0 Å². The summed E-state index contributed by atoms with van der Waals surface area (Å²) < 4.78 is 43.0. The van der Waals surface area contributed by atoms with Gasteiger partial charge in [-0.2, -0.15) is 0 Å². The van der Waals surface area contributed by atoms with Gasteiger partial charge in [-0.1, -0.05) is 0 Å². The fourth-order valence-electron chi connectivity index (χ4n) is 3.51. The monoisotopic (exact) mass is 507 g/mol. The first-order chi connectivity index (χ1) is 16.6. The molecule has 0 radical (unpaired) electrons. The van der Waals surface area contributed by atoms with E-state index in [9.17, 15) is 27.6 Å². The Bertz CT molecular complexity index is 1150. The SMILES string of the molecule is CC(C)(C)NCC(=O)Nc1cc(N2C(=O)N(Cc3ccncc3)C(C)(C)C2=O)ccc1OC(F)(F)F. The molecule has 0 saturated carbocycles. The third-order valence-corrected chi connectivity index (χ3v) is 5.41. The number of aromatic nitrogens is 1. The van der Waals surface area contributed by atoms with E-state index in [-0.39, 0.29) is 24.5 Å². The van der Waals surface area contributed by atoms with Crippen molar-refractivity contribution in [3.05, 3.63) is 48.3 Å². The molecule has 36 heavy (non-hydrogen) atoms. The highest BCUT2D eigenvalue weighted by Crippen LogP contribution is 2.38. The first-order valence-electron chi connectivity index (χ1n) is 11.1. The van der Waals surface area contributed by atoms with Crippen LogP contribution in [0.25, 0.3) is 0 Å². The zero-order chi connectivity index (χ0) is 26.9. The predicted molar refractivity (Wildman–Crippen MR) is 126 cm³/mol. The van der Waals surface area contributed by atoms with Crippen molar-refractivity contribution < 1.29 is 32.3 Å². The summed E-state index contributed by atoms with van der Waals surface area (Å²) in [4.78, 5) is 45.1. The largest absolute Gasteiger partial charge is 0.573 e. The van der Waals surface area contributed by atoms with Crippen LogP contribution in [0.5, 0.6) is 5.75 Å². The number of hydrogen-bond donors (Lipinski definition) is 2. The molecule has 1 aliphatic heterocycles. The Balaban J connectivity index is 1.94. The molecular formula is C24H28F3N5O4. The van der Waals surface area contributed by atoms with Crippen molar-refractivity contribution in [2.24, 2.45) is 0 Å². The molecule has 1 aromatic heterocycles. The van der Waals surface area contributed by atoms with Crippen molar-refractivity contribution in [1.29, 1.82) is 0 Å². The maximum Gasteiger partial charge on any atom is 0.573 e. The Morgan fingerprint density at radius 1 is 1.08 bits per heavy atom. The molecule has 0 bridgehead atoms. The van der Waals surface area contributed by atoms with Crippen molar-refractivity contribution >= 4 is 29.2 Å². The highest BCUT2D eigenvalue weighted by Gasteiger charge is 2.52. The normalized spacial score (nSPS) is 15.9. The summed E-state index contributed by atoms with van der Waals surface area (Å²) in [5.74, 6) is -1.88. The van der Waals surface area contributed by atoms with Gasteiger partial charge in [0.2, 0.25) is 5.91 Å². The van der Waals surface area contributed by atoms with Crippen LogP contribution in [0.4, 0.5) is 29.3 Å². The molecule has 9 nitrogen and oxygen atoms in total. The van der Waals surface area contributed by atoms with Crippen molar-refractivity contribution in [3.63, 3.8) is 0 Å². The number of carbonyl (C=O) groups is 3. The maximum absolute atomic E-state index is 13.3. The summed E-state index contributed by atoms with van der Waals surface area (Å²) in [6.45, 7) is 8.56. The second-order valence-corrected chi connectivity index (χ2v) is 9.80. The van der Waals surface area contributed by atoms with E-state index in [2.05, 4.69) is 20.4 Å². The summed E-state index contributed by atoms with van der Waals surface area (Å²) in [5.41, 5.74) is -1.25. The lowest BCUT2D eigenvalue weighted by Gasteiger charge is -2.27. The third-order valence-electron chi connectivity index (χ3n) is 5.41. The molecule has 194 valence electrons. The predicted octanol–water partition coefficient (Wildman–Crippen LogP) is 4.05. The fourth-order valence-corrected chi connectivity index (χ4v) is 3.51. The van der Waals surface area contributed by atoms with Gasteiger partial charge in [0.1, 0.15) is 5.54 Å². The number of rotatable bonds is 7. The molecule has 2 N–H and O–H groups in total. The highest BCUT2D eigenvalue weighted by molar-refractivity contribution is 6.23. The standard InChI is InChI=1S/C24H28F3N5O4/c1-22(2,3)29-13-19(33)30-17-12-16(6-7-18(17)36-24(25,26)27)32-20(34)23(4,5)31(21(32)35)14-15-8-10-28-11-9-15/h6-12,29H,13-14H2,1-5H3,(H,30,33). The first-order valence-corrected chi connectivity index (χ1v) is 11.1. The van der Waals surface area contributed by atoms with E-state index in [0.717, 1.165) is 28.7 Å². The van der Waals surface area contributed by atoms with E-state index >= 15 is 0 Å². The van der Waals surface area contributed by atoms with Gasteiger partial charge in [-0.3, -0.25) is 14.6 Å². The minimum absolute atomic E-state index is 0.0103. The van der Waals surface area contributed by atoms with Gasteiger partial charge >= 0.3 is 12.4 Å². The number of carbonyl (C=O) groups excluding carboxylic acids is 3. The van der Waals surface area contributed by atoms with E-state index in [4.69, 9.17) is 0 Å². The van der Waals surface area contributed by atoms with Gasteiger partial charge in [0.05, 0.1) is 17.9 Å². The number of halogens is 3. The summed E-state index contributed by atoms with van der Waals surface area (Å²) in [7, 11) is 0. The molecule has 12 heteroatoms. The number of ether oxygens (including phenoxy) is 1. The zero-order valence-corrected chi connectivity index (χ0v) is 20.6. The first kappa shape index (κ1) is 26.9. The van der Waals surface area contributed by atoms with E-state index in [1.54, 1.807) is 38.4 Å². The molecule has 1 fully saturated rings. The quantitative estimate of drug-likeness (QED) is 0.548. The van der Waals surface area contributed by atoms with E-state index in [1.165, 1.54) is 4.90 Å². The number of amides is 4. The molecule has 0 aliphatic carbocycles. The average Bonchev–Trinajstić information content (AvgIpc) is 2.92. The van der Waals surface area contributed by atoms with Crippen molar-refractivity contribution in [3.8, 4) is 5.75 Å². The van der Waals surface area contributed by atoms with E-state index < -0.39 is 41.0 Å². The van der Waals surface area contributed by atoms with Crippen molar-refractivity contribution in [1.82, 2.24) is 15.2 Å². The van der Waals surface area contributed by atoms with Gasteiger partial charge in [0, 0.05) is 24.5 Å². The van der Waals surface area contributed by atoms with Crippen LogP contribution in [0.3, 0.4) is 0 Å². The third kappa shape index (κ3) is 6.30. The van der Waals surface area contributed by atoms with Gasteiger partial charge in [0.25, 0.3) is 5.91 Å². The maximum atomic E-state index is 13.3. The number of imide groups is 1. The minimum atomic E-state index is -5.02. The fraction of sp³-hybridized carbons (Fsp3) is 0.417. The zero-order valence-electron chi connectivity index (χ0n) is 20.6. The van der Waals surface area contributed by atoms with Crippen molar-refractivity contribution in [2.45, 2.75) is 58.6 Å². The highest BCUT2D eigenvalue weighted by atomic mass is 19.4. The van der Waals surface area contributed by atoms with Crippen LogP contribution in [-0.4, -0.2) is 51.7 Å². The molecule has 0 atom stereocenters. The summed E-state index contributed by atoms with van der Waals surface area (Å²) >= 11 is 0.